The lowest BCUT2D eigenvalue weighted by Gasteiger charge is -2.11. The molecule has 124 valence electrons. The van der Waals surface area contributed by atoms with Gasteiger partial charge in [0.1, 0.15) is 6.61 Å². The molecule has 0 heterocycles. The molecule has 0 bridgehead atoms. The molecule has 0 amide bonds. The molecule has 0 radical (unpaired) electrons. The van der Waals surface area contributed by atoms with E-state index in [1.54, 1.807) is 19.2 Å². The molecule has 23 heavy (non-hydrogen) atoms. The Hall–Kier alpha value is -2.05. The Morgan fingerprint density at radius 2 is 1.65 bits per heavy atom. The maximum absolute atomic E-state index is 12.1. The predicted octanol–water partition coefficient (Wildman–Crippen LogP) is 2.50. The zero-order valence-electron chi connectivity index (χ0n) is 13.3. The van der Waals surface area contributed by atoms with Crippen LogP contribution in [0.4, 0.5) is 0 Å². The first-order valence-corrected chi connectivity index (χ1v) is 8.95. The van der Waals surface area contributed by atoms with Gasteiger partial charge in [0.2, 0.25) is 10.0 Å². The average Bonchev–Trinajstić information content (AvgIpc) is 2.54. The van der Waals surface area contributed by atoms with Gasteiger partial charge in [-0.25, -0.2) is 13.1 Å². The summed E-state index contributed by atoms with van der Waals surface area (Å²) in [4.78, 5) is 0. The van der Waals surface area contributed by atoms with Gasteiger partial charge >= 0.3 is 0 Å². The fraction of sp³-hybridized carbons (Fsp3) is 0.294. The van der Waals surface area contributed by atoms with Crippen molar-refractivity contribution in [3.05, 3.63) is 59.7 Å². The molecule has 0 aromatic heterocycles. The summed E-state index contributed by atoms with van der Waals surface area (Å²) < 4.78 is 37.5. The number of aryl methyl sites for hydroxylation is 1. The zero-order chi connectivity index (χ0) is 16.7. The molecule has 0 atom stereocenters. The smallest absolute Gasteiger partial charge is 0.215 e. The third kappa shape index (κ3) is 5.26. The van der Waals surface area contributed by atoms with Gasteiger partial charge in [-0.2, -0.15) is 0 Å². The van der Waals surface area contributed by atoms with Crippen molar-refractivity contribution in [1.29, 1.82) is 0 Å². The maximum atomic E-state index is 12.1. The third-order valence-electron chi connectivity index (χ3n) is 3.36. The number of para-hydroxylation sites is 2. The minimum absolute atomic E-state index is 0.0334. The lowest BCUT2D eigenvalue weighted by Crippen LogP contribution is -2.29. The molecule has 2 rings (SSSR count). The van der Waals surface area contributed by atoms with Crippen LogP contribution >= 0.6 is 0 Å². The van der Waals surface area contributed by atoms with Gasteiger partial charge in [-0.15, -0.1) is 0 Å². The van der Waals surface area contributed by atoms with Crippen molar-refractivity contribution in [2.45, 2.75) is 12.7 Å². The van der Waals surface area contributed by atoms with E-state index in [-0.39, 0.29) is 18.9 Å². The first-order valence-electron chi connectivity index (χ1n) is 7.29. The van der Waals surface area contributed by atoms with Crippen molar-refractivity contribution in [3.63, 3.8) is 0 Å². The Morgan fingerprint density at radius 1 is 1.00 bits per heavy atom. The Bertz CT molecular complexity index is 744. The van der Waals surface area contributed by atoms with Crippen LogP contribution in [-0.4, -0.2) is 28.7 Å². The van der Waals surface area contributed by atoms with Gasteiger partial charge in [0, 0.05) is 6.54 Å². The number of hydrogen-bond acceptors (Lipinski definition) is 4. The molecular formula is C17H21NO4S. The van der Waals surface area contributed by atoms with Crippen molar-refractivity contribution < 1.29 is 17.9 Å². The standard InChI is InChI=1S/C17H21NO4S/c1-14-7-3-4-8-15(14)13-23(19,20)18-11-12-22-17-10-6-5-9-16(17)21-2/h3-10,18H,11-13H2,1-2H3. The summed E-state index contributed by atoms with van der Waals surface area (Å²) in [6, 6.07) is 14.7. The summed E-state index contributed by atoms with van der Waals surface area (Å²) in [6.45, 7) is 2.33. The molecule has 0 fully saturated rings. The SMILES string of the molecule is COc1ccccc1OCCNS(=O)(=O)Cc1ccccc1C. The van der Waals surface area contributed by atoms with Gasteiger partial charge in [-0.1, -0.05) is 36.4 Å². The predicted molar refractivity (Wildman–Crippen MR) is 90.3 cm³/mol. The van der Waals surface area contributed by atoms with Crippen molar-refractivity contribution in [3.8, 4) is 11.5 Å². The molecular weight excluding hydrogens is 314 g/mol. The van der Waals surface area contributed by atoms with Crippen LogP contribution in [0.3, 0.4) is 0 Å². The number of benzene rings is 2. The molecule has 2 aromatic rings. The van der Waals surface area contributed by atoms with Crippen molar-refractivity contribution in [2.75, 3.05) is 20.3 Å². The molecule has 2 aromatic carbocycles. The van der Waals surface area contributed by atoms with Crippen molar-refractivity contribution in [2.24, 2.45) is 0 Å². The highest BCUT2D eigenvalue weighted by Crippen LogP contribution is 2.25. The van der Waals surface area contributed by atoms with E-state index in [0.29, 0.717) is 11.5 Å². The van der Waals surface area contributed by atoms with Gasteiger partial charge < -0.3 is 9.47 Å². The number of rotatable bonds is 8. The molecule has 1 N–H and O–H groups in total. The van der Waals surface area contributed by atoms with Crippen molar-refractivity contribution in [1.82, 2.24) is 4.72 Å². The highest BCUT2D eigenvalue weighted by atomic mass is 32.2. The molecule has 0 saturated heterocycles. The maximum Gasteiger partial charge on any atom is 0.215 e. The quantitative estimate of drug-likeness (QED) is 0.753. The van der Waals surface area contributed by atoms with Crippen LogP contribution in [0.5, 0.6) is 11.5 Å². The van der Waals surface area contributed by atoms with Crippen LogP contribution < -0.4 is 14.2 Å². The molecule has 0 saturated carbocycles. The van der Waals surface area contributed by atoms with E-state index in [0.717, 1.165) is 11.1 Å². The van der Waals surface area contributed by atoms with E-state index in [1.165, 1.54) is 0 Å². The zero-order valence-corrected chi connectivity index (χ0v) is 14.1. The summed E-state index contributed by atoms with van der Waals surface area (Å²) in [6.07, 6.45) is 0. The Balaban J connectivity index is 1.84. The van der Waals surface area contributed by atoms with E-state index in [9.17, 15) is 8.42 Å². The lowest BCUT2D eigenvalue weighted by molar-refractivity contribution is 0.298. The topological polar surface area (TPSA) is 64.6 Å². The van der Waals surface area contributed by atoms with E-state index in [2.05, 4.69) is 4.72 Å². The molecule has 5 nitrogen and oxygen atoms in total. The summed E-state index contributed by atoms with van der Waals surface area (Å²) in [5.41, 5.74) is 1.76. The van der Waals surface area contributed by atoms with Crippen LogP contribution in [0.15, 0.2) is 48.5 Å². The molecule has 0 aliphatic heterocycles. The van der Waals surface area contributed by atoms with Gasteiger partial charge in [-0.3, -0.25) is 0 Å². The summed E-state index contributed by atoms with van der Waals surface area (Å²) >= 11 is 0. The summed E-state index contributed by atoms with van der Waals surface area (Å²) in [5, 5.41) is 0. The van der Waals surface area contributed by atoms with Gasteiger partial charge in [0.25, 0.3) is 0 Å². The monoisotopic (exact) mass is 335 g/mol. The highest BCUT2D eigenvalue weighted by molar-refractivity contribution is 7.88. The van der Waals surface area contributed by atoms with Crippen LogP contribution in [-0.2, 0) is 15.8 Å². The van der Waals surface area contributed by atoms with Gasteiger partial charge in [0.05, 0.1) is 12.9 Å². The first-order chi connectivity index (χ1) is 11.0. The number of nitrogens with one attached hydrogen (secondary N) is 1. The number of ether oxygens (including phenoxy) is 2. The van der Waals surface area contributed by atoms with Crippen LogP contribution in [0.1, 0.15) is 11.1 Å². The Labute approximate surface area is 137 Å². The second kappa shape index (κ2) is 7.99. The van der Waals surface area contributed by atoms with Crippen LogP contribution in [0.2, 0.25) is 0 Å². The summed E-state index contributed by atoms with van der Waals surface area (Å²) in [7, 11) is -1.83. The molecule has 0 aliphatic rings. The second-order valence-corrected chi connectivity index (χ2v) is 6.89. The Kier molecular flexibility index (Phi) is 6.01. The normalized spacial score (nSPS) is 11.2. The minimum atomic E-state index is -3.39. The summed E-state index contributed by atoms with van der Waals surface area (Å²) in [5.74, 6) is 1.18. The van der Waals surface area contributed by atoms with Crippen LogP contribution in [0, 0.1) is 6.92 Å². The third-order valence-corrected chi connectivity index (χ3v) is 4.69. The minimum Gasteiger partial charge on any atom is -0.493 e. The Morgan fingerprint density at radius 3 is 2.35 bits per heavy atom. The molecule has 0 spiro atoms. The average molecular weight is 335 g/mol. The number of sulfonamides is 1. The first kappa shape index (κ1) is 17.3. The van der Waals surface area contributed by atoms with Gasteiger partial charge in [-0.05, 0) is 30.2 Å². The fourth-order valence-corrected chi connectivity index (χ4v) is 3.35. The van der Waals surface area contributed by atoms with Crippen LogP contribution in [0.25, 0.3) is 0 Å². The second-order valence-electron chi connectivity index (χ2n) is 5.08. The fourth-order valence-electron chi connectivity index (χ4n) is 2.12. The number of methoxy groups -OCH3 is 1. The lowest BCUT2D eigenvalue weighted by atomic mass is 10.1. The van der Waals surface area contributed by atoms with E-state index in [1.807, 2.05) is 43.3 Å². The molecule has 0 aliphatic carbocycles. The highest BCUT2D eigenvalue weighted by Gasteiger charge is 2.12. The van der Waals surface area contributed by atoms with E-state index < -0.39 is 10.0 Å². The van der Waals surface area contributed by atoms with Crippen molar-refractivity contribution >= 4 is 10.0 Å². The largest absolute Gasteiger partial charge is 0.493 e. The van der Waals surface area contributed by atoms with E-state index >= 15 is 0 Å². The molecule has 6 heteroatoms. The molecule has 0 unspecified atom stereocenters. The van der Waals surface area contributed by atoms with E-state index in [4.69, 9.17) is 9.47 Å². The van der Waals surface area contributed by atoms with Gasteiger partial charge in [0.15, 0.2) is 11.5 Å². The number of hydrogen-bond donors (Lipinski definition) is 1.